The zero-order chi connectivity index (χ0) is 9.42. The highest BCUT2D eigenvalue weighted by Crippen LogP contribution is 2.31. The van der Waals surface area contributed by atoms with E-state index in [1.807, 2.05) is 13.0 Å². The van der Waals surface area contributed by atoms with Gasteiger partial charge in [0, 0.05) is 0 Å². The van der Waals surface area contributed by atoms with Crippen LogP contribution in [0.5, 0.6) is 0 Å². The summed E-state index contributed by atoms with van der Waals surface area (Å²) in [4.78, 5) is 22.7. The molecule has 0 radical (unpaired) electrons. The van der Waals surface area contributed by atoms with Crippen molar-refractivity contribution in [1.82, 2.24) is 10.9 Å². The summed E-state index contributed by atoms with van der Waals surface area (Å²) in [6, 6.07) is 0. The fourth-order valence-electron chi connectivity index (χ4n) is 1.94. The zero-order valence-electron chi connectivity index (χ0n) is 7.46. The zero-order valence-corrected chi connectivity index (χ0v) is 7.46. The Kier molecular flexibility index (Phi) is 1.83. The number of amides is 2. The van der Waals surface area contributed by atoms with Gasteiger partial charge in [-0.15, -0.1) is 0 Å². The summed E-state index contributed by atoms with van der Waals surface area (Å²) in [7, 11) is 0. The topological polar surface area (TPSA) is 58.2 Å². The largest absolute Gasteiger partial charge is 0.273 e. The van der Waals surface area contributed by atoms with Crippen LogP contribution in [0.25, 0.3) is 0 Å². The maximum absolute atomic E-state index is 11.4. The second kappa shape index (κ2) is 2.87. The number of hydrogen-bond acceptors (Lipinski definition) is 2. The molecule has 0 bridgehead atoms. The lowest BCUT2D eigenvalue weighted by Gasteiger charge is -2.32. The molecule has 4 nitrogen and oxygen atoms in total. The minimum absolute atomic E-state index is 0.0583. The Morgan fingerprint density at radius 3 is 2.54 bits per heavy atom. The number of nitrogens with one attached hydrogen (secondary N) is 2. The van der Waals surface area contributed by atoms with Gasteiger partial charge in [0.15, 0.2) is 0 Å². The normalized spacial score (nSPS) is 32.8. The van der Waals surface area contributed by atoms with Crippen molar-refractivity contribution in [3.63, 3.8) is 0 Å². The van der Waals surface area contributed by atoms with Crippen molar-refractivity contribution in [2.45, 2.75) is 19.8 Å². The van der Waals surface area contributed by atoms with Crippen LogP contribution in [0.1, 0.15) is 19.8 Å². The van der Waals surface area contributed by atoms with E-state index in [9.17, 15) is 9.59 Å². The fraction of sp³-hybridized carbons (Fsp3) is 0.556. The highest BCUT2D eigenvalue weighted by atomic mass is 16.2. The molecule has 0 aromatic rings. The van der Waals surface area contributed by atoms with Gasteiger partial charge < -0.3 is 0 Å². The molecule has 2 atom stereocenters. The van der Waals surface area contributed by atoms with Crippen molar-refractivity contribution in [2.24, 2.45) is 11.8 Å². The van der Waals surface area contributed by atoms with Gasteiger partial charge in [0.05, 0.1) is 11.8 Å². The van der Waals surface area contributed by atoms with E-state index in [1.165, 1.54) is 5.57 Å². The quantitative estimate of drug-likeness (QED) is 0.520. The van der Waals surface area contributed by atoms with Gasteiger partial charge in [-0.1, -0.05) is 11.6 Å². The van der Waals surface area contributed by atoms with Gasteiger partial charge in [-0.25, -0.2) is 0 Å². The molecule has 1 saturated heterocycles. The van der Waals surface area contributed by atoms with Gasteiger partial charge in [-0.3, -0.25) is 20.4 Å². The van der Waals surface area contributed by atoms with Crippen molar-refractivity contribution in [1.29, 1.82) is 0 Å². The summed E-state index contributed by atoms with van der Waals surface area (Å²) in [5, 5.41) is 0. The highest BCUT2D eigenvalue weighted by Gasteiger charge is 2.38. The summed E-state index contributed by atoms with van der Waals surface area (Å²) in [5.74, 6) is -0.429. The van der Waals surface area contributed by atoms with E-state index in [4.69, 9.17) is 0 Å². The molecule has 0 saturated carbocycles. The molecule has 1 fully saturated rings. The van der Waals surface area contributed by atoms with Crippen molar-refractivity contribution in [3.8, 4) is 0 Å². The molecule has 13 heavy (non-hydrogen) atoms. The Bertz CT molecular complexity index is 296. The Labute approximate surface area is 76.4 Å². The minimum atomic E-state index is -0.155. The van der Waals surface area contributed by atoms with Crippen LogP contribution in [0.15, 0.2) is 11.6 Å². The van der Waals surface area contributed by atoms with Gasteiger partial charge in [0.1, 0.15) is 0 Å². The average molecular weight is 180 g/mol. The van der Waals surface area contributed by atoms with E-state index >= 15 is 0 Å². The van der Waals surface area contributed by atoms with Crippen LogP contribution in [0.4, 0.5) is 0 Å². The van der Waals surface area contributed by atoms with Crippen LogP contribution in [-0.4, -0.2) is 11.8 Å². The first-order chi connectivity index (χ1) is 6.18. The molecule has 1 aliphatic heterocycles. The average Bonchev–Trinajstić information content (AvgIpc) is 2.12. The van der Waals surface area contributed by atoms with Crippen molar-refractivity contribution in [2.75, 3.05) is 0 Å². The Morgan fingerprint density at radius 2 is 1.85 bits per heavy atom. The molecule has 2 amide bonds. The van der Waals surface area contributed by atoms with E-state index in [2.05, 4.69) is 10.9 Å². The smallest absolute Gasteiger partial charge is 0.242 e. The number of hydrogen-bond donors (Lipinski definition) is 2. The standard InChI is InChI=1S/C9H12N2O2/c1-5-2-3-6-7(4-5)9(13)11-10-8(6)12/h2,6-7H,3-4H2,1H3,(H,10,12)(H,11,13)/t6-,7-/m1/s1. The molecule has 70 valence electrons. The molecule has 1 aliphatic carbocycles. The Hall–Kier alpha value is -1.32. The molecular formula is C9H12N2O2. The molecule has 0 aromatic heterocycles. The minimum Gasteiger partial charge on any atom is -0.273 e. The first-order valence-corrected chi connectivity index (χ1v) is 4.44. The summed E-state index contributed by atoms with van der Waals surface area (Å²) in [6.45, 7) is 2.00. The third-order valence-electron chi connectivity index (χ3n) is 2.73. The molecule has 4 heteroatoms. The molecule has 2 N–H and O–H groups in total. The van der Waals surface area contributed by atoms with E-state index in [0.29, 0.717) is 12.8 Å². The second-order valence-electron chi connectivity index (χ2n) is 3.68. The van der Waals surface area contributed by atoms with Crippen molar-refractivity contribution >= 4 is 11.8 Å². The summed E-state index contributed by atoms with van der Waals surface area (Å²) in [5.41, 5.74) is 5.96. The third kappa shape index (κ3) is 1.32. The van der Waals surface area contributed by atoms with Gasteiger partial charge in [-0.05, 0) is 19.8 Å². The predicted octanol–water partition coefficient (Wildman–Crippen LogP) is 0.120. The molecule has 0 unspecified atom stereocenters. The van der Waals surface area contributed by atoms with Gasteiger partial charge >= 0.3 is 0 Å². The summed E-state index contributed by atoms with van der Waals surface area (Å²) in [6.07, 6.45) is 3.44. The number of allylic oxidation sites excluding steroid dienone is 2. The summed E-state index contributed by atoms with van der Waals surface area (Å²) >= 11 is 0. The number of rotatable bonds is 0. The lowest BCUT2D eigenvalue weighted by Crippen LogP contribution is -2.56. The van der Waals surface area contributed by atoms with E-state index in [1.54, 1.807) is 0 Å². The lowest BCUT2D eigenvalue weighted by atomic mass is 9.78. The van der Waals surface area contributed by atoms with Crippen LogP contribution >= 0.6 is 0 Å². The molecule has 0 spiro atoms. The van der Waals surface area contributed by atoms with Gasteiger partial charge in [0.25, 0.3) is 0 Å². The predicted molar refractivity (Wildman–Crippen MR) is 46.3 cm³/mol. The molecule has 2 rings (SSSR count). The molecule has 2 aliphatic rings. The van der Waals surface area contributed by atoms with Gasteiger partial charge in [-0.2, -0.15) is 0 Å². The highest BCUT2D eigenvalue weighted by molar-refractivity contribution is 5.93. The van der Waals surface area contributed by atoms with Crippen LogP contribution in [0.2, 0.25) is 0 Å². The lowest BCUT2D eigenvalue weighted by molar-refractivity contribution is -0.143. The van der Waals surface area contributed by atoms with Crippen LogP contribution in [-0.2, 0) is 9.59 Å². The molecule has 0 aromatic carbocycles. The van der Waals surface area contributed by atoms with Crippen LogP contribution in [0.3, 0.4) is 0 Å². The molecular weight excluding hydrogens is 168 g/mol. The van der Waals surface area contributed by atoms with Gasteiger partial charge in [0.2, 0.25) is 11.8 Å². The van der Waals surface area contributed by atoms with Crippen molar-refractivity contribution in [3.05, 3.63) is 11.6 Å². The van der Waals surface area contributed by atoms with E-state index in [0.717, 1.165) is 0 Å². The maximum Gasteiger partial charge on any atom is 0.242 e. The van der Waals surface area contributed by atoms with E-state index in [-0.39, 0.29) is 23.7 Å². The molecule has 1 heterocycles. The van der Waals surface area contributed by atoms with E-state index < -0.39 is 0 Å². The number of hydrazine groups is 1. The second-order valence-corrected chi connectivity index (χ2v) is 3.68. The third-order valence-corrected chi connectivity index (χ3v) is 2.73. The number of carbonyl (C=O) groups excluding carboxylic acids is 2. The maximum atomic E-state index is 11.4. The SMILES string of the molecule is CC1=CC[C@H]2C(=O)NNC(=O)[C@@H]2C1. The first-order valence-electron chi connectivity index (χ1n) is 4.44. The number of fused-ring (bicyclic) bond motifs is 1. The van der Waals surface area contributed by atoms with Crippen LogP contribution < -0.4 is 10.9 Å². The Balaban J connectivity index is 2.24. The fourth-order valence-corrected chi connectivity index (χ4v) is 1.94. The van der Waals surface area contributed by atoms with Crippen LogP contribution in [0, 0.1) is 11.8 Å². The number of carbonyl (C=O) groups is 2. The Morgan fingerprint density at radius 1 is 1.23 bits per heavy atom. The summed E-state index contributed by atoms with van der Waals surface area (Å²) < 4.78 is 0. The monoisotopic (exact) mass is 180 g/mol. The van der Waals surface area contributed by atoms with Crippen molar-refractivity contribution < 1.29 is 9.59 Å². The first kappa shape index (κ1) is 8.29.